The van der Waals surface area contributed by atoms with Gasteiger partial charge in [0.15, 0.2) is 0 Å². The first kappa shape index (κ1) is 24.0. The molecule has 1 N–H and O–H groups in total. The van der Waals surface area contributed by atoms with Gasteiger partial charge in [-0.25, -0.2) is 13.1 Å². The SMILES string of the molecule is CC(C)NS(=O)(=O)c1ccc(Cl)c(C(=O)N2CCN(CC(=O)N3CCCCC3)CC2)c1. The standard InChI is InChI=1S/C21H31ClN4O4S/c1-16(2)23-31(29,30)17-6-7-19(22)18(14-17)21(28)26-12-10-24(11-13-26)15-20(27)25-8-4-3-5-9-25/h6-7,14,16,23H,3-5,8-13,15H2,1-2H3. The highest BCUT2D eigenvalue weighted by molar-refractivity contribution is 7.89. The fourth-order valence-electron chi connectivity index (χ4n) is 3.93. The van der Waals surface area contributed by atoms with Crippen LogP contribution in [0.1, 0.15) is 43.5 Å². The average molecular weight is 471 g/mol. The maximum absolute atomic E-state index is 13.0. The number of hydrogen-bond donors (Lipinski definition) is 1. The van der Waals surface area contributed by atoms with E-state index in [0.29, 0.717) is 32.7 Å². The molecule has 0 aromatic heterocycles. The molecule has 2 saturated heterocycles. The lowest BCUT2D eigenvalue weighted by molar-refractivity contribution is -0.133. The average Bonchev–Trinajstić information content (AvgIpc) is 2.73. The molecule has 2 heterocycles. The van der Waals surface area contributed by atoms with Gasteiger partial charge in [-0.15, -0.1) is 0 Å². The number of likely N-dealkylation sites (tertiary alicyclic amines) is 1. The number of piperazine rings is 1. The molecule has 0 bridgehead atoms. The van der Waals surface area contributed by atoms with E-state index in [1.54, 1.807) is 18.7 Å². The van der Waals surface area contributed by atoms with E-state index in [2.05, 4.69) is 9.62 Å². The lowest BCUT2D eigenvalue weighted by Gasteiger charge is -2.36. The van der Waals surface area contributed by atoms with Crippen LogP contribution < -0.4 is 4.72 Å². The number of amides is 2. The number of halogens is 1. The predicted molar refractivity (Wildman–Crippen MR) is 120 cm³/mol. The molecule has 1 aromatic carbocycles. The van der Waals surface area contributed by atoms with Crippen LogP contribution in [0, 0.1) is 0 Å². The van der Waals surface area contributed by atoms with Crippen molar-refractivity contribution in [2.75, 3.05) is 45.8 Å². The molecule has 2 amide bonds. The number of hydrogen-bond acceptors (Lipinski definition) is 5. The van der Waals surface area contributed by atoms with Crippen molar-refractivity contribution >= 4 is 33.4 Å². The minimum Gasteiger partial charge on any atom is -0.342 e. The highest BCUT2D eigenvalue weighted by atomic mass is 35.5. The maximum atomic E-state index is 13.0. The molecule has 0 spiro atoms. The zero-order chi connectivity index (χ0) is 22.6. The normalized spacial score (nSPS) is 18.5. The van der Waals surface area contributed by atoms with Crippen molar-refractivity contribution in [2.24, 2.45) is 0 Å². The third-order valence-corrected chi connectivity index (χ3v) is 7.58. The summed E-state index contributed by atoms with van der Waals surface area (Å²) in [6.45, 7) is 7.61. The Morgan fingerprint density at radius 3 is 2.26 bits per heavy atom. The van der Waals surface area contributed by atoms with E-state index in [0.717, 1.165) is 25.9 Å². The Labute approximate surface area is 189 Å². The van der Waals surface area contributed by atoms with E-state index in [9.17, 15) is 18.0 Å². The summed E-state index contributed by atoms with van der Waals surface area (Å²) in [5, 5.41) is 0.219. The lowest BCUT2D eigenvalue weighted by atomic mass is 10.1. The van der Waals surface area contributed by atoms with Crippen LogP contribution in [0.3, 0.4) is 0 Å². The molecule has 0 unspecified atom stereocenters. The van der Waals surface area contributed by atoms with Crippen LogP contribution in [0.5, 0.6) is 0 Å². The minimum atomic E-state index is -3.73. The van der Waals surface area contributed by atoms with Crippen LogP contribution in [0.25, 0.3) is 0 Å². The first-order chi connectivity index (χ1) is 14.7. The number of nitrogens with zero attached hydrogens (tertiary/aromatic N) is 3. The quantitative estimate of drug-likeness (QED) is 0.684. The van der Waals surface area contributed by atoms with E-state index in [1.807, 2.05) is 4.90 Å². The zero-order valence-corrected chi connectivity index (χ0v) is 19.7. The van der Waals surface area contributed by atoms with Crippen LogP contribution in [0.4, 0.5) is 0 Å². The Bertz CT molecular complexity index is 908. The Morgan fingerprint density at radius 2 is 1.65 bits per heavy atom. The Kier molecular flexibility index (Phi) is 7.96. The number of sulfonamides is 1. The summed E-state index contributed by atoms with van der Waals surface area (Å²) >= 11 is 6.23. The van der Waals surface area contributed by atoms with Crippen molar-refractivity contribution in [3.63, 3.8) is 0 Å². The highest BCUT2D eigenvalue weighted by Gasteiger charge is 2.27. The third-order valence-electron chi connectivity index (χ3n) is 5.60. The molecule has 1 aromatic rings. The molecule has 2 aliphatic heterocycles. The number of carbonyl (C=O) groups excluding carboxylic acids is 2. The second kappa shape index (κ2) is 10.3. The summed E-state index contributed by atoms with van der Waals surface area (Å²) < 4.78 is 27.4. The van der Waals surface area contributed by atoms with Gasteiger partial charge in [0.1, 0.15) is 0 Å². The summed E-state index contributed by atoms with van der Waals surface area (Å²) in [7, 11) is -3.73. The minimum absolute atomic E-state index is 0.0136. The van der Waals surface area contributed by atoms with Crippen molar-refractivity contribution in [3.05, 3.63) is 28.8 Å². The molecule has 31 heavy (non-hydrogen) atoms. The number of carbonyl (C=O) groups is 2. The number of piperidine rings is 1. The summed E-state index contributed by atoms with van der Waals surface area (Å²) in [6, 6.07) is 3.91. The lowest BCUT2D eigenvalue weighted by Crippen LogP contribution is -2.52. The van der Waals surface area contributed by atoms with Gasteiger partial charge in [0.2, 0.25) is 15.9 Å². The largest absolute Gasteiger partial charge is 0.342 e. The van der Waals surface area contributed by atoms with Crippen LogP contribution in [-0.2, 0) is 14.8 Å². The van der Waals surface area contributed by atoms with Crippen molar-refractivity contribution in [3.8, 4) is 0 Å². The van der Waals surface area contributed by atoms with Crippen molar-refractivity contribution in [1.82, 2.24) is 19.4 Å². The van der Waals surface area contributed by atoms with Gasteiger partial charge < -0.3 is 9.80 Å². The fraction of sp³-hybridized carbons (Fsp3) is 0.619. The summed E-state index contributed by atoms with van der Waals surface area (Å²) in [5.41, 5.74) is 0.172. The topological polar surface area (TPSA) is 90.0 Å². The fourth-order valence-corrected chi connectivity index (χ4v) is 5.40. The van der Waals surface area contributed by atoms with E-state index in [1.165, 1.54) is 24.6 Å². The molecule has 10 heteroatoms. The van der Waals surface area contributed by atoms with E-state index in [-0.39, 0.29) is 33.3 Å². The highest BCUT2D eigenvalue weighted by Crippen LogP contribution is 2.23. The van der Waals surface area contributed by atoms with E-state index >= 15 is 0 Å². The Morgan fingerprint density at radius 1 is 1.00 bits per heavy atom. The first-order valence-electron chi connectivity index (χ1n) is 10.8. The van der Waals surface area contributed by atoms with Crippen molar-refractivity contribution in [2.45, 2.75) is 44.0 Å². The van der Waals surface area contributed by atoms with E-state index in [4.69, 9.17) is 11.6 Å². The zero-order valence-electron chi connectivity index (χ0n) is 18.1. The molecule has 0 atom stereocenters. The third kappa shape index (κ3) is 6.19. The number of nitrogens with one attached hydrogen (secondary N) is 1. The maximum Gasteiger partial charge on any atom is 0.255 e. The summed E-state index contributed by atoms with van der Waals surface area (Å²) in [6.07, 6.45) is 3.32. The summed E-state index contributed by atoms with van der Waals surface area (Å²) in [5.74, 6) is -0.147. The van der Waals surface area contributed by atoms with Gasteiger partial charge >= 0.3 is 0 Å². The van der Waals surface area contributed by atoms with E-state index < -0.39 is 10.0 Å². The van der Waals surface area contributed by atoms with Gasteiger partial charge in [-0.05, 0) is 51.3 Å². The summed E-state index contributed by atoms with van der Waals surface area (Å²) in [4.78, 5) is 31.2. The van der Waals surface area contributed by atoms with Gasteiger partial charge in [-0.2, -0.15) is 0 Å². The molecule has 0 saturated carbocycles. The number of benzene rings is 1. The van der Waals surface area contributed by atoms with Gasteiger partial charge in [-0.3, -0.25) is 14.5 Å². The van der Waals surface area contributed by atoms with Crippen LogP contribution in [0.2, 0.25) is 5.02 Å². The second-order valence-corrected chi connectivity index (χ2v) is 10.5. The Balaban J connectivity index is 1.61. The van der Waals surface area contributed by atoms with Crippen molar-refractivity contribution in [1.29, 1.82) is 0 Å². The van der Waals surface area contributed by atoms with Gasteiger partial charge in [0.05, 0.1) is 22.0 Å². The molecule has 172 valence electrons. The second-order valence-electron chi connectivity index (χ2n) is 8.43. The van der Waals surface area contributed by atoms with Gasteiger partial charge in [-0.1, -0.05) is 11.6 Å². The van der Waals surface area contributed by atoms with Crippen molar-refractivity contribution < 1.29 is 18.0 Å². The molecule has 8 nitrogen and oxygen atoms in total. The molecule has 2 aliphatic rings. The Hall–Kier alpha value is -1.68. The smallest absolute Gasteiger partial charge is 0.255 e. The predicted octanol–water partition coefficient (Wildman–Crippen LogP) is 1.80. The van der Waals surface area contributed by atoms with Crippen LogP contribution >= 0.6 is 11.6 Å². The molecule has 3 rings (SSSR count). The molecular weight excluding hydrogens is 440 g/mol. The van der Waals surface area contributed by atoms with Gasteiger partial charge in [0, 0.05) is 45.3 Å². The molecule has 2 fully saturated rings. The number of rotatable bonds is 6. The first-order valence-corrected chi connectivity index (χ1v) is 12.6. The molecule has 0 aliphatic carbocycles. The van der Waals surface area contributed by atoms with Crippen LogP contribution in [0.15, 0.2) is 23.1 Å². The van der Waals surface area contributed by atoms with Crippen LogP contribution in [-0.4, -0.2) is 86.8 Å². The molecular formula is C21H31ClN4O4S. The van der Waals surface area contributed by atoms with Gasteiger partial charge in [0.25, 0.3) is 5.91 Å². The monoisotopic (exact) mass is 470 g/mol. The molecule has 0 radical (unpaired) electrons.